The van der Waals surface area contributed by atoms with Crippen LogP contribution < -0.4 is 10.9 Å². The van der Waals surface area contributed by atoms with Crippen molar-refractivity contribution in [3.63, 3.8) is 0 Å². The molecule has 1 aliphatic heterocycles. The number of amides is 1. The highest BCUT2D eigenvalue weighted by atomic mass is 127. The van der Waals surface area contributed by atoms with E-state index in [2.05, 4.69) is 5.32 Å². The van der Waals surface area contributed by atoms with Crippen molar-refractivity contribution in [2.45, 2.75) is 12.0 Å². The van der Waals surface area contributed by atoms with Crippen LogP contribution in [-0.4, -0.2) is 52.8 Å². The van der Waals surface area contributed by atoms with E-state index in [4.69, 9.17) is 0 Å². The molecule has 2 aromatic rings. The highest BCUT2D eigenvalue weighted by Crippen LogP contribution is 2.25. The van der Waals surface area contributed by atoms with Crippen LogP contribution in [-0.2, 0) is 13.5 Å². The van der Waals surface area contributed by atoms with Crippen molar-refractivity contribution in [1.82, 2.24) is 14.8 Å². The number of β-amino-alcohol motifs (C(OH)–C–C–N with tert-alkyl or cyclic N) is 1. The van der Waals surface area contributed by atoms with E-state index in [1.54, 1.807) is 26.2 Å². The molecule has 1 aromatic heterocycles. The highest BCUT2D eigenvalue weighted by Gasteiger charge is 2.43. The number of hydrogen-bond acceptors (Lipinski definition) is 4. The molecule has 0 bridgehead atoms. The van der Waals surface area contributed by atoms with E-state index in [0.717, 1.165) is 3.57 Å². The number of aliphatic hydroxyl groups is 1. The van der Waals surface area contributed by atoms with Gasteiger partial charge in [0.05, 0.1) is 18.7 Å². The first-order valence-corrected chi connectivity index (χ1v) is 9.60. The van der Waals surface area contributed by atoms with Crippen LogP contribution in [0.4, 0.5) is 4.39 Å². The Morgan fingerprint density at radius 1 is 1.33 bits per heavy atom. The molecular formula is C19H21FIN3O3. The van der Waals surface area contributed by atoms with Crippen LogP contribution >= 0.6 is 22.6 Å². The smallest absolute Gasteiger partial charge is 0.255 e. The van der Waals surface area contributed by atoms with Gasteiger partial charge in [0.25, 0.3) is 11.5 Å². The second-order valence-corrected chi connectivity index (χ2v) is 8.24. The van der Waals surface area contributed by atoms with Gasteiger partial charge in [0, 0.05) is 35.8 Å². The molecule has 144 valence electrons. The Bertz CT molecular complexity index is 938. The molecule has 2 heterocycles. The molecule has 1 aliphatic rings. The molecule has 1 aromatic carbocycles. The topological polar surface area (TPSA) is 74.6 Å². The number of nitrogens with one attached hydrogen (secondary N) is 1. The summed E-state index contributed by atoms with van der Waals surface area (Å²) in [5.41, 5.74) is 0.0533. The van der Waals surface area contributed by atoms with Crippen molar-refractivity contribution in [1.29, 1.82) is 0 Å². The Labute approximate surface area is 170 Å². The summed E-state index contributed by atoms with van der Waals surface area (Å²) in [6.45, 7) is 0.824. The molecule has 0 aliphatic carbocycles. The van der Waals surface area contributed by atoms with Crippen LogP contribution in [0, 0.1) is 9.39 Å². The first-order chi connectivity index (χ1) is 12.7. The van der Waals surface area contributed by atoms with Gasteiger partial charge in [-0.1, -0.05) is 6.07 Å². The fourth-order valence-corrected chi connectivity index (χ4v) is 3.75. The lowest BCUT2D eigenvalue weighted by Crippen LogP contribution is -2.67. The average Bonchev–Trinajstić information content (AvgIpc) is 2.57. The maximum atomic E-state index is 14.2. The van der Waals surface area contributed by atoms with Gasteiger partial charge in [-0.2, -0.15) is 0 Å². The third-order valence-electron chi connectivity index (χ3n) is 4.70. The maximum absolute atomic E-state index is 14.2. The first kappa shape index (κ1) is 20.0. The normalized spacial score (nSPS) is 15.5. The van der Waals surface area contributed by atoms with Gasteiger partial charge in [0.1, 0.15) is 11.4 Å². The Hall–Kier alpha value is -1.78. The van der Waals surface area contributed by atoms with E-state index < -0.39 is 5.60 Å². The van der Waals surface area contributed by atoms with E-state index in [1.807, 2.05) is 22.6 Å². The molecule has 27 heavy (non-hydrogen) atoms. The van der Waals surface area contributed by atoms with Crippen molar-refractivity contribution in [2.75, 3.05) is 26.7 Å². The SMILES string of the molecule is CNCC1(O)CN(C(=O)c2cn(C)c(=O)cc2Cc2ccc(I)cc2F)C1. The van der Waals surface area contributed by atoms with Crippen LogP contribution in [0.25, 0.3) is 0 Å². The Kier molecular flexibility index (Phi) is 5.68. The van der Waals surface area contributed by atoms with E-state index in [1.165, 1.54) is 27.8 Å². The number of likely N-dealkylation sites (N-methyl/N-ethyl adjacent to an activating group) is 1. The van der Waals surface area contributed by atoms with Crippen LogP contribution in [0.3, 0.4) is 0 Å². The van der Waals surface area contributed by atoms with Gasteiger partial charge in [-0.25, -0.2) is 4.39 Å². The number of nitrogens with zero attached hydrogens (tertiary/aromatic N) is 2. The maximum Gasteiger partial charge on any atom is 0.255 e. The number of carbonyl (C=O) groups excluding carboxylic acids is 1. The molecule has 0 saturated carbocycles. The molecule has 1 saturated heterocycles. The first-order valence-electron chi connectivity index (χ1n) is 8.52. The van der Waals surface area contributed by atoms with E-state index in [0.29, 0.717) is 23.2 Å². The molecule has 1 amide bonds. The molecule has 6 nitrogen and oxygen atoms in total. The van der Waals surface area contributed by atoms with Crippen LogP contribution in [0.5, 0.6) is 0 Å². The van der Waals surface area contributed by atoms with Gasteiger partial charge in [0.15, 0.2) is 0 Å². The number of aryl methyl sites for hydroxylation is 1. The second-order valence-electron chi connectivity index (χ2n) is 6.99. The number of hydrogen-bond donors (Lipinski definition) is 2. The number of pyridine rings is 1. The number of rotatable bonds is 5. The van der Waals surface area contributed by atoms with E-state index in [-0.39, 0.29) is 36.8 Å². The summed E-state index contributed by atoms with van der Waals surface area (Å²) in [6, 6.07) is 6.25. The zero-order valence-electron chi connectivity index (χ0n) is 15.1. The van der Waals surface area contributed by atoms with Crippen LogP contribution in [0.1, 0.15) is 21.5 Å². The molecule has 3 rings (SSSR count). The minimum atomic E-state index is -0.937. The Balaban J connectivity index is 1.90. The molecule has 1 fully saturated rings. The molecule has 0 spiro atoms. The third kappa shape index (κ3) is 4.22. The van der Waals surface area contributed by atoms with Gasteiger partial charge >= 0.3 is 0 Å². The predicted molar refractivity (Wildman–Crippen MR) is 108 cm³/mol. The molecule has 0 radical (unpaired) electrons. The lowest BCUT2D eigenvalue weighted by Gasteiger charge is -2.46. The number of likely N-dealkylation sites (tertiary alicyclic amines) is 1. The fourth-order valence-electron chi connectivity index (χ4n) is 3.30. The molecule has 8 heteroatoms. The Morgan fingerprint density at radius 2 is 2.04 bits per heavy atom. The minimum absolute atomic E-state index is 0.147. The summed E-state index contributed by atoms with van der Waals surface area (Å²) < 4.78 is 16.4. The summed E-state index contributed by atoms with van der Waals surface area (Å²) in [5.74, 6) is -0.638. The summed E-state index contributed by atoms with van der Waals surface area (Å²) in [7, 11) is 3.31. The van der Waals surface area contributed by atoms with Gasteiger partial charge in [0.2, 0.25) is 0 Å². The second kappa shape index (κ2) is 7.69. The van der Waals surface area contributed by atoms with Crippen LogP contribution in [0.15, 0.2) is 35.3 Å². The summed E-state index contributed by atoms with van der Waals surface area (Å²) in [5, 5.41) is 13.2. The van der Waals surface area contributed by atoms with Crippen molar-refractivity contribution < 1.29 is 14.3 Å². The number of carbonyl (C=O) groups is 1. The van der Waals surface area contributed by atoms with Crippen molar-refractivity contribution in [3.05, 3.63) is 66.9 Å². The average molecular weight is 485 g/mol. The molecule has 2 N–H and O–H groups in total. The van der Waals surface area contributed by atoms with E-state index in [9.17, 15) is 19.1 Å². The number of benzene rings is 1. The minimum Gasteiger partial charge on any atom is -0.385 e. The fraction of sp³-hybridized carbons (Fsp3) is 0.368. The van der Waals surface area contributed by atoms with Gasteiger partial charge in [-0.3, -0.25) is 9.59 Å². The third-order valence-corrected chi connectivity index (χ3v) is 5.37. The van der Waals surface area contributed by atoms with E-state index >= 15 is 0 Å². The van der Waals surface area contributed by atoms with Crippen LogP contribution in [0.2, 0.25) is 0 Å². The number of halogens is 2. The quantitative estimate of drug-likeness (QED) is 0.623. The summed E-state index contributed by atoms with van der Waals surface area (Å²) in [4.78, 5) is 26.5. The summed E-state index contributed by atoms with van der Waals surface area (Å²) >= 11 is 2.03. The number of aromatic nitrogens is 1. The zero-order valence-corrected chi connectivity index (χ0v) is 17.3. The summed E-state index contributed by atoms with van der Waals surface area (Å²) in [6.07, 6.45) is 1.63. The molecule has 0 atom stereocenters. The van der Waals surface area contributed by atoms with Gasteiger partial charge in [-0.05, 0) is 52.9 Å². The van der Waals surface area contributed by atoms with Gasteiger partial charge < -0.3 is 19.9 Å². The van der Waals surface area contributed by atoms with Crippen molar-refractivity contribution in [3.8, 4) is 0 Å². The van der Waals surface area contributed by atoms with Crippen molar-refractivity contribution >= 4 is 28.5 Å². The van der Waals surface area contributed by atoms with Crippen molar-refractivity contribution in [2.24, 2.45) is 7.05 Å². The molecule has 0 unspecified atom stereocenters. The highest BCUT2D eigenvalue weighted by molar-refractivity contribution is 14.1. The lowest BCUT2D eigenvalue weighted by atomic mass is 9.92. The largest absolute Gasteiger partial charge is 0.385 e. The zero-order chi connectivity index (χ0) is 19.8. The standard InChI is InChI=1S/C19H21FIN3O3/c1-22-9-19(27)10-24(11-19)18(26)15-8-23(2)17(25)6-13(15)5-12-3-4-14(21)7-16(12)20/h3-4,6-8,22,27H,5,9-11H2,1-2H3. The van der Waals surface area contributed by atoms with Gasteiger partial charge in [-0.15, -0.1) is 0 Å². The Morgan fingerprint density at radius 3 is 2.67 bits per heavy atom. The predicted octanol–water partition coefficient (Wildman–Crippen LogP) is 1.13. The molecular weight excluding hydrogens is 464 g/mol. The lowest BCUT2D eigenvalue weighted by molar-refractivity contribution is -0.0776. The monoisotopic (exact) mass is 485 g/mol.